The molecule has 1 aromatic heterocycles. The number of hydrogen-bond acceptors (Lipinski definition) is 8. The molecule has 3 heterocycles. The van der Waals surface area contributed by atoms with E-state index in [1.165, 1.54) is 31.6 Å². The van der Waals surface area contributed by atoms with E-state index >= 15 is 0 Å². The zero-order valence-corrected chi connectivity index (χ0v) is 28.7. The summed E-state index contributed by atoms with van der Waals surface area (Å²) in [7, 11) is -8.68. The van der Waals surface area contributed by atoms with E-state index in [1.54, 1.807) is 25.7 Å². The maximum absolute atomic E-state index is 14.4. The van der Waals surface area contributed by atoms with Crippen molar-refractivity contribution in [2.45, 2.75) is 75.6 Å². The molecule has 49 heavy (non-hydrogen) atoms. The molecule has 0 aliphatic carbocycles. The normalized spacial score (nSPS) is 23.4. The average molecular weight is 717 g/mol. The second-order valence-electron chi connectivity index (χ2n) is 13.8. The van der Waals surface area contributed by atoms with Crippen LogP contribution in [-0.2, 0) is 19.1 Å². The van der Waals surface area contributed by atoms with Crippen LogP contribution in [0.5, 0.6) is 0 Å². The molecule has 2 aliphatic heterocycles. The topological polar surface area (TPSA) is 128 Å². The molecule has 4 rings (SSSR count). The van der Waals surface area contributed by atoms with Crippen LogP contribution in [0.15, 0.2) is 53.7 Å². The van der Waals surface area contributed by atoms with E-state index in [2.05, 4.69) is 10.3 Å². The molecular weight excluding hydrogens is 675 g/mol. The third kappa shape index (κ3) is 9.30. The van der Waals surface area contributed by atoms with E-state index in [9.17, 15) is 39.1 Å². The van der Waals surface area contributed by atoms with Crippen molar-refractivity contribution in [3.8, 4) is 6.19 Å². The Morgan fingerprint density at radius 3 is 2.39 bits per heavy atom. The first-order valence-corrected chi connectivity index (χ1v) is 17.5. The zero-order valence-electron chi connectivity index (χ0n) is 27.9. The van der Waals surface area contributed by atoms with Crippen molar-refractivity contribution in [1.82, 2.24) is 20.1 Å². The highest BCUT2D eigenvalue weighted by Gasteiger charge is 2.65. The minimum Gasteiger partial charge on any atom is -0.444 e. The maximum Gasteiger partial charge on any atom is 0.410 e. The number of amides is 3. The molecular formula is C32H41F5N6O5S. The number of nitriles is 1. The van der Waals surface area contributed by atoms with Gasteiger partial charge in [-0.3, -0.25) is 24.4 Å². The van der Waals surface area contributed by atoms with Gasteiger partial charge in [0.1, 0.15) is 22.6 Å². The molecule has 0 spiro atoms. The fraction of sp³-hybridized carbons (Fsp3) is 0.531. The van der Waals surface area contributed by atoms with Crippen LogP contribution in [0.25, 0.3) is 0 Å². The van der Waals surface area contributed by atoms with Crippen molar-refractivity contribution in [2.75, 3.05) is 38.2 Å². The van der Waals surface area contributed by atoms with Gasteiger partial charge in [0.2, 0.25) is 5.91 Å². The summed E-state index contributed by atoms with van der Waals surface area (Å²) in [6.07, 6.45) is 4.85. The zero-order chi connectivity index (χ0) is 36.5. The van der Waals surface area contributed by atoms with E-state index in [0.29, 0.717) is 31.5 Å². The number of halogens is 5. The molecule has 2 fully saturated rings. The second-order valence-corrected chi connectivity index (χ2v) is 16.2. The Bertz CT molecular complexity index is 1590. The van der Waals surface area contributed by atoms with Gasteiger partial charge >= 0.3 is 16.3 Å². The summed E-state index contributed by atoms with van der Waals surface area (Å²) in [5.74, 6) is -1.59. The molecule has 11 nitrogen and oxygen atoms in total. The summed E-state index contributed by atoms with van der Waals surface area (Å²) in [5, 5.41) is 12.6. The molecule has 270 valence electrons. The van der Waals surface area contributed by atoms with Crippen molar-refractivity contribution in [2.24, 2.45) is 5.41 Å². The van der Waals surface area contributed by atoms with Crippen LogP contribution in [0.4, 0.5) is 29.9 Å². The number of likely N-dealkylation sites (tertiary alicyclic amines) is 2. The van der Waals surface area contributed by atoms with Gasteiger partial charge in [0.05, 0.1) is 12.6 Å². The van der Waals surface area contributed by atoms with Gasteiger partial charge in [0.25, 0.3) is 5.91 Å². The van der Waals surface area contributed by atoms with Gasteiger partial charge in [-0.05, 0) is 63.9 Å². The van der Waals surface area contributed by atoms with Crippen LogP contribution in [0.2, 0.25) is 0 Å². The van der Waals surface area contributed by atoms with Crippen LogP contribution < -0.4 is 10.2 Å². The van der Waals surface area contributed by atoms with E-state index in [0.717, 1.165) is 9.80 Å². The summed E-state index contributed by atoms with van der Waals surface area (Å²) in [4.78, 5) is 46.9. The first-order valence-electron chi connectivity index (χ1n) is 15.6. The quantitative estimate of drug-likeness (QED) is 0.229. The molecule has 2 aliphatic rings. The average Bonchev–Trinajstić information content (AvgIpc) is 3.45. The van der Waals surface area contributed by atoms with Crippen molar-refractivity contribution >= 4 is 33.8 Å². The highest BCUT2D eigenvalue weighted by Crippen LogP contribution is 3.02. The molecule has 1 aromatic carbocycles. The summed E-state index contributed by atoms with van der Waals surface area (Å²) in [6, 6.07) is 1.97. The molecule has 0 bridgehead atoms. The molecule has 2 saturated heterocycles. The lowest BCUT2D eigenvalue weighted by Gasteiger charge is -2.41. The Morgan fingerprint density at radius 2 is 1.84 bits per heavy atom. The molecule has 17 heteroatoms. The SMILES string of the molecule is CO[C@@H]1C[C@H](C(=O)N(c2ccc(S(F)(F)(F)(F)F)cc2)C(C(=O)NCC2(C)CCCN(C(=O)OC(C)(C)C)C2)c2cccnc2)N(C#N)C1. The van der Waals surface area contributed by atoms with Gasteiger partial charge in [-0.25, -0.2) is 4.79 Å². The standard InChI is InChI=1S/C32H41F5N6O5S/c1-31(2,3)48-30(46)41-15-7-13-32(4,20-41)19-40-28(44)27(22-8-6-14-39-17-22)43(29(45)26-16-24(47-5)18-42(26)21-38)23-9-11-25(12-10-23)49(33,34,35,36)37/h6,8-12,14,17,24,26-27H,7,13,15-16,18-20H2,1-5H3,(H,40,44)/t24-,26-,27?,32?/m1/s1. The number of aromatic nitrogens is 1. The third-order valence-corrected chi connectivity index (χ3v) is 9.60. The van der Waals surface area contributed by atoms with E-state index in [4.69, 9.17) is 9.47 Å². The summed E-state index contributed by atoms with van der Waals surface area (Å²) < 4.78 is 79.1. The van der Waals surface area contributed by atoms with Crippen LogP contribution in [0.1, 0.15) is 58.6 Å². The monoisotopic (exact) mass is 716 g/mol. The fourth-order valence-electron chi connectivity index (χ4n) is 6.04. The number of anilines is 1. The Hall–Kier alpha value is -4.17. The van der Waals surface area contributed by atoms with Gasteiger partial charge in [-0.1, -0.05) is 32.4 Å². The number of hydrogen-bond donors (Lipinski definition) is 1. The summed E-state index contributed by atoms with van der Waals surface area (Å²) in [6.45, 7) is 7.89. The number of rotatable bonds is 9. The van der Waals surface area contributed by atoms with E-state index < -0.39 is 62.2 Å². The Morgan fingerprint density at radius 1 is 1.16 bits per heavy atom. The molecule has 1 N–H and O–H groups in total. The Labute approximate surface area is 282 Å². The highest BCUT2D eigenvalue weighted by atomic mass is 32.5. The Balaban J connectivity index is 1.72. The first-order chi connectivity index (χ1) is 22.5. The Kier molecular flexibility index (Phi) is 9.94. The fourth-order valence-corrected chi connectivity index (χ4v) is 6.69. The van der Waals surface area contributed by atoms with E-state index in [1.807, 2.05) is 13.1 Å². The number of carbonyl (C=O) groups is 3. The van der Waals surface area contributed by atoms with Crippen molar-refractivity contribution in [1.29, 1.82) is 5.26 Å². The van der Waals surface area contributed by atoms with Crippen LogP contribution in [-0.4, -0.2) is 83.7 Å². The van der Waals surface area contributed by atoms with Crippen molar-refractivity contribution < 1.29 is 43.3 Å². The summed E-state index contributed by atoms with van der Waals surface area (Å²) in [5.41, 5.74) is -1.47. The minimum absolute atomic E-state index is 0.0168. The van der Waals surface area contributed by atoms with Crippen molar-refractivity contribution in [3.63, 3.8) is 0 Å². The maximum atomic E-state index is 14.4. The number of methoxy groups -OCH3 is 1. The molecule has 3 amide bonds. The van der Waals surface area contributed by atoms with Gasteiger partial charge in [-0.15, -0.1) is 0 Å². The molecule has 4 atom stereocenters. The van der Waals surface area contributed by atoms with Gasteiger partial charge < -0.3 is 19.7 Å². The lowest BCUT2D eigenvalue weighted by molar-refractivity contribution is -0.128. The van der Waals surface area contributed by atoms with E-state index in [-0.39, 0.29) is 49.4 Å². The molecule has 0 radical (unpaired) electrons. The largest absolute Gasteiger partial charge is 0.444 e. The second kappa shape index (κ2) is 12.9. The lowest BCUT2D eigenvalue weighted by atomic mass is 9.82. The number of piperidine rings is 1. The highest BCUT2D eigenvalue weighted by molar-refractivity contribution is 8.45. The van der Waals surface area contributed by atoms with Crippen LogP contribution in [0.3, 0.4) is 0 Å². The number of pyridine rings is 1. The molecule has 2 unspecified atom stereocenters. The number of benzene rings is 1. The van der Waals surface area contributed by atoms with Gasteiger partial charge in [-0.2, -0.15) is 5.26 Å². The molecule has 2 aromatic rings. The van der Waals surface area contributed by atoms with Crippen molar-refractivity contribution in [3.05, 3.63) is 54.4 Å². The number of nitrogens with zero attached hydrogens (tertiary/aromatic N) is 5. The van der Waals surface area contributed by atoms with Gasteiger partial charge in [0, 0.05) is 62.2 Å². The predicted molar refractivity (Wildman–Crippen MR) is 172 cm³/mol. The first kappa shape index (κ1) is 37.6. The van der Waals surface area contributed by atoms with Crippen LogP contribution >= 0.6 is 10.2 Å². The number of carbonyl (C=O) groups excluding carboxylic acids is 3. The predicted octanol–water partition coefficient (Wildman–Crippen LogP) is 6.54. The summed E-state index contributed by atoms with van der Waals surface area (Å²) >= 11 is 0. The van der Waals surface area contributed by atoms with Gasteiger partial charge in [0.15, 0.2) is 6.19 Å². The minimum atomic E-state index is -10.1. The number of ether oxygens (including phenoxy) is 2. The smallest absolute Gasteiger partial charge is 0.410 e. The lowest BCUT2D eigenvalue weighted by Crippen LogP contribution is -2.53. The number of nitrogens with one attached hydrogen (secondary N) is 1. The van der Waals surface area contributed by atoms with Crippen LogP contribution in [0, 0.1) is 16.9 Å². The third-order valence-electron chi connectivity index (χ3n) is 8.44. The molecule has 0 saturated carbocycles.